The molecule has 1 aliphatic rings. The second kappa shape index (κ2) is 6.78. The summed E-state index contributed by atoms with van der Waals surface area (Å²) in [6, 6.07) is 11.3. The number of carbonyl (C=O) groups is 2. The summed E-state index contributed by atoms with van der Waals surface area (Å²) in [5, 5.41) is 12.6. The molecular formula is C20H23N3O3. The summed E-state index contributed by atoms with van der Waals surface area (Å²) in [6.45, 7) is 4.03. The van der Waals surface area contributed by atoms with E-state index in [4.69, 9.17) is 0 Å². The van der Waals surface area contributed by atoms with Crippen LogP contribution in [0.4, 0.5) is 5.69 Å². The molecule has 0 spiro atoms. The highest BCUT2D eigenvalue weighted by Crippen LogP contribution is 2.31. The Hall–Kier alpha value is -2.89. The normalized spacial score (nSPS) is 14.8. The first-order valence-electron chi connectivity index (χ1n) is 8.64. The number of carbonyl (C=O) groups excluding carboxylic acids is 1. The van der Waals surface area contributed by atoms with Crippen molar-refractivity contribution in [1.82, 2.24) is 10.3 Å². The van der Waals surface area contributed by atoms with E-state index < -0.39 is 17.4 Å². The summed E-state index contributed by atoms with van der Waals surface area (Å²) in [7, 11) is 1.89. The second-order valence-corrected chi connectivity index (χ2v) is 7.04. The maximum Gasteiger partial charge on any atom is 0.330 e. The number of anilines is 1. The Morgan fingerprint density at radius 2 is 1.77 bits per heavy atom. The number of hydrogen-bond donors (Lipinski definition) is 2. The molecule has 1 heterocycles. The van der Waals surface area contributed by atoms with E-state index in [0.717, 1.165) is 11.1 Å². The van der Waals surface area contributed by atoms with Crippen molar-refractivity contribution in [2.24, 2.45) is 0 Å². The van der Waals surface area contributed by atoms with E-state index in [2.05, 4.69) is 10.3 Å². The number of hydrogen-bond acceptors (Lipinski definition) is 4. The number of nitrogens with one attached hydrogen (secondary N) is 1. The summed E-state index contributed by atoms with van der Waals surface area (Å²) in [5.74, 6) is -1.50. The SMILES string of the molecule is CC(C)N(C)c1cccnc1C(=O)NC1(C(=O)O)Cc2ccccc2C1. The molecule has 6 nitrogen and oxygen atoms in total. The van der Waals surface area contributed by atoms with Crippen molar-refractivity contribution >= 4 is 17.6 Å². The number of pyridine rings is 1. The Morgan fingerprint density at radius 3 is 2.31 bits per heavy atom. The Bertz CT molecular complexity index is 823. The van der Waals surface area contributed by atoms with Gasteiger partial charge < -0.3 is 15.3 Å². The highest BCUT2D eigenvalue weighted by molar-refractivity contribution is 6.01. The topological polar surface area (TPSA) is 82.5 Å². The van der Waals surface area contributed by atoms with Crippen LogP contribution in [-0.4, -0.2) is 40.6 Å². The minimum absolute atomic E-state index is 0.176. The van der Waals surface area contributed by atoms with Crippen LogP contribution in [0.25, 0.3) is 0 Å². The van der Waals surface area contributed by atoms with Crippen LogP contribution in [0.5, 0.6) is 0 Å². The molecule has 0 fully saturated rings. The summed E-state index contributed by atoms with van der Waals surface area (Å²) >= 11 is 0. The van der Waals surface area contributed by atoms with Crippen LogP contribution in [0.15, 0.2) is 42.6 Å². The van der Waals surface area contributed by atoms with Crippen molar-refractivity contribution in [3.05, 3.63) is 59.4 Å². The fourth-order valence-corrected chi connectivity index (χ4v) is 3.32. The average Bonchev–Trinajstić information content (AvgIpc) is 3.00. The van der Waals surface area contributed by atoms with Gasteiger partial charge in [-0.1, -0.05) is 24.3 Å². The highest BCUT2D eigenvalue weighted by Gasteiger charge is 2.45. The van der Waals surface area contributed by atoms with Gasteiger partial charge in [0.2, 0.25) is 0 Å². The molecule has 6 heteroatoms. The molecule has 0 aliphatic heterocycles. The molecule has 1 aromatic carbocycles. The number of nitrogens with zero attached hydrogens (tertiary/aromatic N) is 2. The first-order valence-corrected chi connectivity index (χ1v) is 8.64. The third kappa shape index (κ3) is 3.14. The molecule has 3 rings (SSSR count). The van der Waals surface area contributed by atoms with Crippen molar-refractivity contribution in [3.8, 4) is 0 Å². The van der Waals surface area contributed by atoms with Crippen LogP contribution in [0.2, 0.25) is 0 Å². The van der Waals surface area contributed by atoms with Gasteiger partial charge in [-0.25, -0.2) is 9.78 Å². The summed E-state index contributed by atoms with van der Waals surface area (Å²) in [6.07, 6.45) is 2.09. The quantitative estimate of drug-likeness (QED) is 0.862. The average molecular weight is 353 g/mol. The van der Waals surface area contributed by atoms with Crippen molar-refractivity contribution in [3.63, 3.8) is 0 Å². The number of amides is 1. The standard InChI is InChI=1S/C20H23N3O3/c1-13(2)23(3)16-9-6-10-21-17(16)18(24)22-20(19(25)26)11-14-7-4-5-8-15(14)12-20/h4-10,13H,11-12H2,1-3H3,(H,22,24)(H,25,26). The van der Waals surface area contributed by atoms with E-state index in [0.29, 0.717) is 5.69 Å². The Balaban J connectivity index is 1.91. The summed E-state index contributed by atoms with van der Waals surface area (Å²) in [4.78, 5) is 31.1. The Labute approximate surface area is 152 Å². The van der Waals surface area contributed by atoms with Crippen molar-refractivity contribution in [2.75, 3.05) is 11.9 Å². The number of rotatable bonds is 5. The monoisotopic (exact) mass is 353 g/mol. The van der Waals surface area contributed by atoms with Gasteiger partial charge >= 0.3 is 5.97 Å². The molecule has 1 aliphatic carbocycles. The third-order valence-electron chi connectivity index (χ3n) is 5.02. The van der Waals surface area contributed by atoms with Crippen LogP contribution >= 0.6 is 0 Å². The molecule has 0 radical (unpaired) electrons. The van der Waals surface area contributed by atoms with Gasteiger partial charge in [-0.05, 0) is 37.1 Å². The molecule has 0 bridgehead atoms. The fraction of sp³-hybridized carbons (Fsp3) is 0.350. The van der Waals surface area contributed by atoms with Crippen LogP contribution in [0.1, 0.15) is 35.5 Å². The molecule has 0 atom stereocenters. The van der Waals surface area contributed by atoms with Gasteiger partial charge in [0.25, 0.3) is 5.91 Å². The Morgan fingerprint density at radius 1 is 1.15 bits per heavy atom. The second-order valence-electron chi connectivity index (χ2n) is 7.04. The van der Waals surface area contributed by atoms with E-state index >= 15 is 0 Å². The molecular weight excluding hydrogens is 330 g/mol. The van der Waals surface area contributed by atoms with E-state index in [1.807, 2.05) is 56.1 Å². The number of aliphatic carboxylic acids is 1. The molecule has 136 valence electrons. The van der Waals surface area contributed by atoms with Gasteiger partial charge in [-0.15, -0.1) is 0 Å². The van der Waals surface area contributed by atoms with Gasteiger partial charge in [0.05, 0.1) is 5.69 Å². The highest BCUT2D eigenvalue weighted by atomic mass is 16.4. The lowest BCUT2D eigenvalue weighted by Gasteiger charge is -2.28. The first kappa shape index (κ1) is 17.9. The largest absolute Gasteiger partial charge is 0.479 e. The van der Waals surface area contributed by atoms with Gasteiger partial charge in [0, 0.05) is 32.1 Å². The lowest BCUT2D eigenvalue weighted by molar-refractivity contribution is -0.144. The van der Waals surface area contributed by atoms with Crippen LogP contribution in [0.3, 0.4) is 0 Å². The zero-order chi connectivity index (χ0) is 18.9. The van der Waals surface area contributed by atoms with Crippen LogP contribution in [0, 0.1) is 0 Å². The number of fused-ring (bicyclic) bond motifs is 1. The van der Waals surface area contributed by atoms with Crippen molar-refractivity contribution in [1.29, 1.82) is 0 Å². The number of carboxylic acids is 1. The maximum absolute atomic E-state index is 12.9. The van der Waals surface area contributed by atoms with E-state index in [-0.39, 0.29) is 24.6 Å². The van der Waals surface area contributed by atoms with E-state index in [9.17, 15) is 14.7 Å². The third-order valence-corrected chi connectivity index (χ3v) is 5.02. The lowest BCUT2D eigenvalue weighted by Crippen LogP contribution is -2.55. The predicted octanol–water partition coefficient (Wildman–Crippen LogP) is 2.28. The smallest absolute Gasteiger partial charge is 0.330 e. The van der Waals surface area contributed by atoms with Crippen LogP contribution in [-0.2, 0) is 17.6 Å². The Kier molecular flexibility index (Phi) is 4.68. The molecule has 0 saturated heterocycles. The zero-order valence-corrected chi connectivity index (χ0v) is 15.2. The van der Waals surface area contributed by atoms with E-state index in [1.54, 1.807) is 12.3 Å². The molecule has 0 saturated carbocycles. The molecule has 1 aromatic heterocycles. The summed E-state index contributed by atoms with van der Waals surface area (Å²) < 4.78 is 0. The molecule has 2 aromatic rings. The minimum Gasteiger partial charge on any atom is -0.479 e. The molecule has 0 unspecified atom stereocenters. The lowest BCUT2D eigenvalue weighted by atomic mass is 9.95. The predicted molar refractivity (Wildman–Crippen MR) is 99.5 cm³/mol. The maximum atomic E-state index is 12.9. The van der Waals surface area contributed by atoms with Crippen molar-refractivity contribution in [2.45, 2.75) is 38.3 Å². The molecule has 2 N–H and O–H groups in total. The number of carboxylic acid groups (broad SMARTS) is 1. The van der Waals surface area contributed by atoms with Gasteiger partial charge in [-0.2, -0.15) is 0 Å². The fourth-order valence-electron chi connectivity index (χ4n) is 3.32. The molecule has 26 heavy (non-hydrogen) atoms. The van der Waals surface area contributed by atoms with Crippen LogP contribution < -0.4 is 10.2 Å². The summed E-state index contributed by atoms with van der Waals surface area (Å²) in [5.41, 5.74) is 1.48. The number of benzene rings is 1. The van der Waals surface area contributed by atoms with E-state index in [1.165, 1.54) is 0 Å². The zero-order valence-electron chi connectivity index (χ0n) is 15.2. The minimum atomic E-state index is -1.34. The molecule has 1 amide bonds. The first-order chi connectivity index (χ1) is 12.3. The van der Waals surface area contributed by atoms with Gasteiger partial charge in [0.1, 0.15) is 5.54 Å². The van der Waals surface area contributed by atoms with Gasteiger partial charge in [-0.3, -0.25) is 4.79 Å². The van der Waals surface area contributed by atoms with Gasteiger partial charge in [0.15, 0.2) is 5.69 Å². The van der Waals surface area contributed by atoms with Crippen molar-refractivity contribution < 1.29 is 14.7 Å². The number of aromatic nitrogens is 1.